The first kappa shape index (κ1) is 21.9. The minimum absolute atomic E-state index is 0.174. The van der Waals surface area contributed by atoms with Gasteiger partial charge in [0.15, 0.2) is 0 Å². The third kappa shape index (κ3) is 3.87. The lowest BCUT2D eigenvalue weighted by atomic mass is 10.1. The summed E-state index contributed by atoms with van der Waals surface area (Å²) in [6.07, 6.45) is 5.54. The minimum atomic E-state index is -0.193. The van der Waals surface area contributed by atoms with Gasteiger partial charge in [0, 0.05) is 19.3 Å². The number of carbonyl (C=O) groups excluding carboxylic acids is 1. The highest BCUT2D eigenvalue weighted by Crippen LogP contribution is 2.38. The fraction of sp³-hybridized carbons (Fsp3) is 0.280. The minimum Gasteiger partial charge on any atom is -0.356 e. The van der Waals surface area contributed by atoms with Crippen LogP contribution in [0.15, 0.2) is 58.4 Å². The van der Waals surface area contributed by atoms with Crippen LogP contribution in [0.2, 0.25) is 0 Å². The van der Waals surface area contributed by atoms with Crippen molar-refractivity contribution in [3.05, 3.63) is 80.6 Å². The van der Waals surface area contributed by atoms with E-state index in [-0.39, 0.29) is 17.5 Å². The summed E-state index contributed by atoms with van der Waals surface area (Å²) in [7, 11) is 0. The number of thiocarbonyl (C=S) groups is 1. The van der Waals surface area contributed by atoms with E-state index in [0.29, 0.717) is 26.3 Å². The van der Waals surface area contributed by atoms with E-state index in [4.69, 9.17) is 17.2 Å². The second-order valence-corrected chi connectivity index (χ2v) is 10.0. The molecule has 8 heteroatoms. The molecule has 1 amide bonds. The molecule has 33 heavy (non-hydrogen) atoms. The molecule has 0 bridgehead atoms. The van der Waals surface area contributed by atoms with Gasteiger partial charge < -0.3 is 4.90 Å². The predicted octanol–water partition coefficient (Wildman–Crippen LogP) is 4.57. The smallest absolute Gasteiger partial charge is 0.267 e. The van der Waals surface area contributed by atoms with E-state index in [1.54, 1.807) is 21.6 Å². The van der Waals surface area contributed by atoms with E-state index in [2.05, 4.69) is 4.90 Å². The van der Waals surface area contributed by atoms with Crippen molar-refractivity contribution in [3.8, 4) is 0 Å². The van der Waals surface area contributed by atoms with Crippen LogP contribution in [0.25, 0.3) is 11.7 Å². The number of anilines is 1. The van der Waals surface area contributed by atoms with Crippen LogP contribution in [0.4, 0.5) is 5.82 Å². The number of rotatable bonds is 4. The molecule has 2 aliphatic rings. The van der Waals surface area contributed by atoms with E-state index >= 15 is 0 Å². The van der Waals surface area contributed by atoms with Crippen molar-refractivity contribution in [2.75, 3.05) is 18.0 Å². The van der Waals surface area contributed by atoms with Crippen LogP contribution in [-0.4, -0.2) is 37.6 Å². The van der Waals surface area contributed by atoms with Crippen molar-refractivity contribution in [2.24, 2.45) is 0 Å². The van der Waals surface area contributed by atoms with Gasteiger partial charge in [0.05, 0.1) is 16.5 Å². The third-order valence-electron chi connectivity index (χ3n) is 6.24. The zero-order valence-corrected chi connectivity index (χ0v) is 20.2. The average Bonchev–Trinajstić information content (AvgIpc) is 3.44. The summed E-state index contributed by atoms with van der Waals surface area (Å²) < 4.78 is 2.06. The molecule has 5 rings (SSSR count). The number of hydrogen-bond acceptors (Lipinski definition) is 6. The molecule has 0 radical (unpaired) electrons. The van der Waals surface area contributed by atoms with Crippen LogP contribution in [-0.2, 0) is 4.79 Å². The largest absolute Gasteiger partial charge is 0.356 e. The number of aryl methyl sites for hydroxylation is 1. The maximum atomic E-state index is 13.6. The van der Waals surface area contributed by atoms with Crippen LogP contribution < -0.4 is 10.5 Å². The van der Waals surface area contributed by atoms with Gasteiger partial charge in [-0.3, -0.25) is 18.9 Å². The van der Waals surface area contributed by atoms with Gasteiger partial charge >= 0.3 is 0 Å². The summed E-state index contributed by atoms with van der Waals surface area (Å²) >= 11 is 6.81. The second kappa shape index (κ2) is 8.76. The number of carbonyl (C=O) groups is 1. The third-order valence-corrected chi connectivity index (χ3v) is 7.57. The fourth-order valence-electron chi connectivity index (χ4n) is 4.42. The lowest BCUT2D eigenvalue weighted by Gasteiger charge is -2.23. The van der Waals surface area contributed by atoms with Crippen LogP contribution in [0.5, 0.6) is 0 Å². The molecule has 0 aliphatic carbocycles. The summed E-state index contributed by atoms with van der Waals surface area (Å²) in [6, 6.07) is 13.4. The summed E-state index contributed by atoms with van der Waals surface area (Å²) in [6.45, 7) is 5.61. The highest BCUT2D eigenvalue weighted by Gasteiger charge is 2.36. The number of pyridine rings is 1. The summed E-state index contributed by atoms with van der Waals surface area (Å²) in [5, 5.41) is 0. The monoisotopic (exact) mass is 476 g/mol. The summed E-state index contributed by atoms with van der Waals surface area (Å²) in [5.74, 6) is 0.468. The highest BCUT2D eigenvalue weighted by molar-refractivity contribution is 8.26. The topological polar surface area (TPSA) is 57.9 Å². The van der Waals surface area contributed by atoms with Crippen molar-refractivity contribution in [1.82, 2.24) is 14.3 Å². The molecule has 2 aromatic heterocycles. The Hall–Kier alpha value is -2.97. The normalized spacial score (nSPS) is 18.7. The van der Waals surface area contributed by atoms with Gasteiger partial charge in [-0.05, 0) is 50.0 Å². The lowest BCUT2D eigenvalue weighted by Crippen LogP contribution is -2.31. The quantitative estimate of drug-likeness (QED) is 0.406. The zero-order chi connectivity index (χ0) is 23.1. The van der Waals surface area contributed by atoms with Gasteiger partial charge in [0.2, 0.25) is 0 Å². The first-order valence-electron chi connectivity index (χ1n) is 11.0. The average molecular weight is 477 g/mol. The molecule has 2 fully saturated rings. The standard InChI is InChI=1S/C25H24N4O2S2/c1-16-9-8-14-28-21(16)26-22(27-12-6-7-13-27)19(23(28)30)15-20-24(31)29(25(32)33-20)17(2)18-10-4-3-5-11-18/h3-5,8-11,14-15,17H,6-7,12-13H2,1-2H3/b20-15+. The Balaban J connectivity index is 1.61. The molecule has 0 spiro atoms. The Morgan fingerprint density at radius 2 is 1.82 bits per heavy atom. The molecule has 4 heterocycles. The highest BCUT2D eigenvalue weighted by atomic mass is 32.2. The van der Waals surface area contributed by atoms with Crippen LogP contribution in [0.3, 0.4) is 0 Å². The van der Waals surface area contributed by atoms with E-state index < -0.39 is 0 Å². The van der Waals surface area contributed by atoms with Crippen molar-refractivity contribution < 1.29 is 4.79 Å². The van der Waals surface area contributed by atoms with Gasteiger partial charge in [-0.1, -0.05) is 60.4 Å². The second-order valence-electron chi connectivity index (χ2n) is 8.37. The molecular formula is C25H24N4O2S2. The Morgan fingerprint density at radius 3 is 2.55 bits per heavy atom. The number of benzene rings is 1. The van der Waals surface area contributed by atoms with Crippen molar-refractivity contribution in [1.29, 1.82) is 0 Å². The number of fused-ring (bicyclic) bond motifs is 1. The first-order chi connectivity index (χ1) is 16.0. The van der Waals surface area contributed by atoms with Gasteiger partial charge in [-0.15, -0.1) is 0 Å². The molecular weight excluding hydrogens is 452 g/mol. The van der Waals surface area contributed by atoms with E-state index in [0.717, 1.165) is 37.1 Å². The van der Waals surface area contributed by atoms with Crippen molar-refractivity contribution >= 4 is 51.7 Å². The van der Waals surface area contributed by atoms with Crippen LogP contribution in [0.1, 0.15) is 42.5 Å². The molecule has 2 aliphatic heterocycles. The Bertz CT molecular complexity index is 1340. The zero-order valence-electron chi connectivity index (χ0n) is 18.5. The molecule has 0 saturated carbocycles. The Morgan fingerprint density at radius 1 is 1.09 bits per heavy atom. The van der Waals surface area contributed by atoms with Gasteiger partial charge in [-0.2, -0.15) is 0 Å². The van der Waals surface area contributed by atoms with E-state index in [9.17, 15) is 9.59 Å². The van der Waals surface area contributed by atoms with Crippen molar-refractivity contribution in [3.63, 3.8) is 0 Å². The number of thioether (sulfide) groups is 1. The lowest BCUT2D eigenvalue weighted by molar-refractivity contribution is -0.123. The SMILES string of the molecule is Cc1cccn2c(=O)c(/C=C3/SC(=S)N(C(C)c4ccccc4)C3=O)c(N3CCCC3)nc12. The number of aromatic nitrogens is 2. The summed E-state index contributed by atoms with van der Waals surface area (Å²) in [4.78, 5) is 36.1. The molecule has 3 aromatic rings. The van der Waals surface area contributed by atoms with E-state index in [1.165, 1.54) is 11.8 Å². The van der Waals surface area contributed by atoms with E-state index in [1.807, 2.05) is 56.3 Å². The first-order valence-corrected chi connectivity index (χ1v) is 12.3. The predicted molar refractivity (Wildman–Crippen MR) is 138 cm³/mol. The maximum absolute atomic E-state index is 13.6. The molecule has 0 N–H and O–H groups in total. The molecule has 2 saturated heterocycles. The van der Waals surface area contributed by atoms with Crippen molar-refractivity contribution in [2.45, 2.75) is 32.7 Å². The number of nitrogens with zero attached hydrogens (tertiary/aromatic N) is 4. The number of amides is 1. The Kier molecular flexibility index (Phi) is 5.80. The maximum Gasteiger partial charge on any atom is 0.267 e. The molecule has 168 valence electrons. The van der Waals surface area contributed by atoms with Gasteiger partial charge in [0.1, 0.15) is 15.8 Å². The molecule has 1 aromatic carbocycles. The Labute approximate surface area is 201 Å². The number of hydrogen-bond donors (Lipinski definition) is 0. The van der Waals surface area contributed by atoms with Crippen LogP contribution >= 0.6 is 24.0 Å². The van der Waals surface area contributed by atoms with Crippen LogP contribution in [0, 0.1) is 6.92 Å². The van der Waals surface area contributed by atoms with Gasteiger partial charge in [-0.25, -0.2) is 4.98 Å². The van der Waals surface area contributed by atoms with Gasteiger partial charge in [0.25, 0.3) is 11.5 Å². The molecule has 6 nitrogen and oxygen atoms in total. The summed E-state index contributed by atoms with van der Waals surface area (Å²) in [5.41, 5.74) is 2.85. The molecule has 1 atom stereocenters. The molecule has 1 unspecified atom stereocenters. The fourth-order valence-corrected chi connectivity index (χ4v) is 5.82.